The first-order chi connectivity index (χ1) is 5.93. The molecule has 0 aromatic rings. The minimum absolute atomic E-state index is 0.393. The summed E-state index contributed by atoms with van der Waals surface area (Å²) in [6.07, 6.45) is 0.483. The van der Waals surface area contributed by atoms with Crippen LogP contribution in [-0.2, 0) is 9.26 Å². The number of morpholine rings is 1. The van der Waals surface area contributed by atoms with E-state index in [4.69, 9.17) is 14.5 Å². The Morgan fingerprint density at radius 1 is 1.50 bits per heavy atom. The van der Waals surface area contributed by atoms with Gasteiger partial charge in [0.15, 0.2) is 0 Å². The summed E-state index contributed by atoms with van der Waals surface area (Å²) in [6.45, 7) is 4.05. The van der Waals surface area contributed by atoms with Gasteiger partial charge in [-0.1, -0.05) is 0 Å². The number of rotatable bonds is 4. The highest BCUT2D eigenvalue weighted by Crippen LogP contribution is 2.20. The third kappa shape index (κ3) is 3.99. The van der Waals surface area contributed by atoms with E-state index in [0.29, 0.717) is 22.0 Å². The van der Waals surface area contributed by atoms with E-state index in [-0.39, 0.29) is 0 Å². The van der Waals surface area contributed by atoms with Crippen molar-refractivity contribution >= 4 is 8.96 Å². The first-order valence-corrected chi connectivity index (χ1v) is 4.86. The average Bonchev–Trinajstić information content (AvgIpc) is 2.14. The zero-order chi connectivity index (χ0) is 8.65. The molecule has 0 amide bonds. The molecule has 1 aliphatic rings. The van der Waals surface area contributed by atoms with Crippen molar-refractivity contribution in [2.24, 2.45) is 0 Å². The second-order valence-corrected chi connectivity index (χ2v) is 3.55. The van der Waals surface area contributed by atoms with Crippen LogP contribution in [0, 0.1) is 11.3 Å². The molecule has 1 aliphatic heterocycles. The first-order valence-electron chi connectivity index (χ1n) is 4.00. The lowest BCUT2D eigenvalue weighted by Gasteiger charge is -2.25. The van der Waals surface area contributed by atoms with Crippen LogP contribution in [0.5, 0.6) is 0 Å². The summed E-state index contributed by atoms with van der Waals surface area (Å²) in [4.78, 5) is 0. The molecule has 0 saturated carbocycles. The van der Waals surface area contributed by atoms with Crippen LogP contribution in [0.15, 0.2) is 0 Å². The van der Waals surface area contributed by atoms with E-state index in [1.165, 1.54) is 0 Å². The third-order valence-electron chi connectivity index (χ3n) is 1.52. The van der Waals surface area contributed by atoms with Gasteiger partial charge >= 0.3 is 0 Å². The summed E-state index contributed by atoms with van der Waals surface area (Å²) in [5.41, 5.74) is 0. The molecule has 1 saturated heterocycles. The van der Waals surface area contributed by atoms with Crippen LogP contribution in [0.2, 0.25) is 0 Å². The summed E-state index contributed by atoms with van der Waals surface area (Å²) in [7, 11) is 0.393. The molecular formula is C7H13N2O2P. The minimum Gasteiger partial charge on any atom is -0.379 e. The summed E-state index contributed by atoms with van der Waals surface area (Å²) in [6, 6.07) is 2.04. The number of nitriles is 1. The van der Waals surface area contributed by atoms with Crippen molar-refractivity contribution in [3.05, 3.63) is 0 Å². The molecule has 1 fully saturated rings. The average molecular weight is 188 g/mol. The molecule has 1 rings (SSSR count). The molecule has 0 aromatic heterocycles. The maximum atomic E-state index is 8.24. The second kappa shape index (κ2) is 6.33. The van der Waals surface area contributed by atoms with Crippen LogP contribution >= 0.6 is 8.96 Å². The lowest BCUT2D eigenvalue weighted by atomic mass is 10.5. The normalized spacial score (nSPS) is 19.9. The summed E-state index contributed by atoms with van der Waals surface area (Å²) in [5.74, 6) is 0. The van der Waals surface area contributed by atoms with E-state index in [9.17, 15) is 0 Å². The predicted molar refractivity (Wildman–Crippen MR) is 46.9 cm³/mol. The molecule has 12 heavy (non-hydrogen) atoms. The molecule has 0 radical (unpaired) electrons. The molecule has 1 heterocycles. The van der Waals surface area contributed by atoms with Gasteiger partial charge in [0.25, 0.3) is 0 Å². The van der Waals surface area contributed by atoms with Crippen LogP contribution < -0.4 is 0 Å². The minimum atomic E-state index is 0.393. The summed E-state index contributed by atoms with van der Waals surface area (Å²) < 4.78 is 12.7. The largest absolute Gasteiger partial charge is 0.379 e. The van der Waals surface area contributed by atoms with Crippen LogP contribution in [0.4, 0.5) is 0 Å². The van der Waals surface area contributed by atoms with Gasteiger partial charge in [-0.15, -0.1) is 0 Å². The quantitative estimate of drug-likeness (QED) is 0.482. The van der Waals surface area contributed by atoms with Gasteiger partial charge in [-0.3, -0.25) is 4.67 Å². The molecule has 0 spiro atoms. The highest BCUT2D eigenvalue weighted by Gasteiger charge is 2.09. The van der Waals surface area contributed by atoms with Gasteiger partial charge in [0.1, 0.15) is 0 Å². The van der Waals surface area contributed by atoms with E-state index in [0.717, 1.165) is 26.3 Å². The molecule has 1 atom stereocenters. The Morgan fingerprint density at radius 2 is 2.25 bits per heavy atom. The molecule has 0 bridgehead atoms. The van der Waals surface area contributed by atoms with Gasteiger partial charge in [-0.2, -0.15) is 5.26 Å². The van der Waals surface area contributed by atoms with E-state index < -0.39 is 0 Å². The van der Waals surface area contributed by atoms with Crippen molar-refractivity contribution in [2.75, 3.05) is 32.9 Å². The topological polar surface area (TPSA) is 45.5 Å². The Morgan fingerprint density at radius 3 is 2.92 bits per heavy atom. The number of ether oxygens (including phenoxy) is 1. The maximum absolute atomic E-state index is 8.24. The highest BCUT2D eigenvalue weighted by molar-refractivity contribution is 7.29. The monoisotopic (exact) mass is 188 g/mol. The lowest BCUT2D eigenvalue weighted by Crippen LogP contribution is -2.30. The van der Waals surface area contributed by atoms with Crippen LogP contribution in [0.25, 0.3) is 0 Å². The van der Waals surface area contributed by atoms with E-state index >= 15 is 0 Å². The molecule has 1 unspecified atom stereocenters. The van der Waals surface area contributed by atoms with E-state index in [2.05, 4.69) is 4.67 Å². The molecule has 0 aliphatic carbocycles. The van der Waals surface area contributed by atoms with Gasteiger partial charge in [0, 0.05) is 13.1 Å². The Labute approximate surface area is 74.4 Å². The van der Waals surface area contributed by atoms with Gasteiger partial charge < -0.3 is 9.26 Å². The van der Waals surface area contributed by atoms with Crippen molar-refractivity contribution in [3.8, 4) is 6.07 Å². The van der Waals surface area contributed by atoms with E-state index in [1.54, 1.807) is 0 Å². The smallest absolute Gasteiger partial charge is 0.0891 e. The molecule has 5 heteroatoms. The number of hydrogen-bond donors (Lipinski definition) is 0. The standard InChI is InChI=1S/C7H13N2O2P/c8-2-1-5-11-12-9-3-6-10-7-4-9/h12H,1,3-7H2. The Balaban J connectivity index is 1.95. The Hall–Kier alpha value is -0.200. The fraction of sp³-hybridized carbons (Fsp3) is 0.857. The van der Waals surface area contributed by atoms with Gasteiger partial charge in [0.2, 0.25) is 0 Å². The van der Waals surface area contributed by atoms with Crippen LogP contribution in [0.3, 0.4) is 0 Å². The first kappa shape index (κ1) is 9.88. The van der Waals surface area contributed by atoms with Crippen molar-refractivity contribution in [2.45, 2.75) is 6.42 Å². The predicted octanol–water partition coefficient (Wildman–Crippen LogP) is 0.757. The lowest BCUT2D eigenvalue weighted by molar-refractivity contribution is 0.0717. The number of hydrogen-bond acceptors (Lipinski definition) is 4. The number of nitrogens with zero attached hydrogens (tertiary/aromatic N) is 2. The fourth-order valence-electron chi connectivity index (χ4n) is 0.888. The maximum Gasteiger partial charge on any atom is 0.0891 e. The SMILES string of the molecule is N#CCCOPN1CCOCC1. The molecule has 0 aromatic carbocycles. The molecule has 68 valence electrons. The van der Waals surface area contributed by atoms with Gasteiger partial charge in [0.05, 0.1) is 41.3 Å². The summed E-state index contributed by atoms with van der Waals surface area (Å²) >= 11 is 0. The van der Waals surface area contributed by atoms with Crippen molar-refractivity contribution < 1.29 is 9.26 Å². The zero-order valence-corrected chi connectivity index (χ0v) is 7.95. The van der Waals surface area contributed by atoms with Crippen molar-refractivity contribution in [1.29, 1.82) is 5.26 Å². The van der Waals surface area contributed by atoms with Gasteiger partial charge in [-0.05, 0) is 0 Å². The molecular weight excluding hydrogens is 175 g/mol. The highest BCUT2D eigenvalue weighted by atomic mass is 31.1. The van der Waals surface area contributed by atoms with Gasteiger partial charge in [-0.25, -0.2) is 0 Å². The van der Waals surface area contributed by atoms with Crippen LogP contribution in [0.1, 0.15) is 6.42 Å². The second-order valence-electron chi connectivity index (χ2n) is 2.45. The van der Waals surface area contributed by atoms with Crippen molar-refractivity contribution in [3.63, 3.8) is 0 Å². The zero-order valence-electron chi connectivity index (χ0n) is 6.95. The third-order valence-corrected chi connectivity index (χ3v) is 2.56. The fourth-order valence-corrected chi connectivity index (χ4v) is 1.63. The summed E-state index contributed by atoms with van der Waals surface area (Å²) in [5, 5.41) is 8.24. The van der Waals surface area contributed by atoms with Crippen LogP contribution in [-0.4, -0.2) is 37.6 Å². The molecule has 0 N–H and O–H groups in total. The Bertz CT molecular complexity index is 154. The van der Waals surface area contributed by atoms with E-state index in [1.807, 2.05) is 6.07 Å². The van der Waals surface area contributed by atoms with Crippen molar-refractivity contribution in [1.82, 2.24) is 4.67 Å². The molecule has 4 nitrogen and oxygen atoms in total. The Kier molecular flexibility index (Phi) is 5.21.